The summed E-state index contributed by atoms with van der Waals surface area (Å²) in [5, 5.41) is 0. The van der Waals surface area contributed by atoms with E-state index in [1.54, 1.807) is 0 Å². The highest BCUT2D eigenvalue weighted by Gasteiger charge is 2.18. The summed E-state index contributed by atoms with van der Waals surface area (Å²) in [5.41, 5.74) is 4.38. The zero-order valence-electron chi connectivity index (χ0n) is 9.64. The molecule has 1 heteroatoms. The Hall–Kier alpha value is -0.720. The van der Waals surface area contributed by atoms with Gasteiger partial charge in [-0.2, -0.15) is 0 Å². The van der Waals surface area contributed by atoms with E-state index in [4.69, 9.17) is 0 Å². The summed E-state index contributed by atoms with van der Waals surface area (Å²) in [6.45, 7) is 6.73. The highest BCUT2D eigenvalue weighted by atomic mass is 15.0. The van der Waals surface area contributed by atoms with Gasteiger partial charge in [0.1, 0.15) is 0 Å². The number of rotatable bonds is 1. The fourth-order valence-electron chi connectivity index (χ4n) is 2.84. The Morgan fingerprint density at radius 3 is 2.21 bits per heavy atom. The Morgan fingerprint density at radius 1 is 1.07 bits per heavy atom. The second kappa shape index (κ2) is 3.80. The third kappa shape index (κ3) is 1.60. The van der Waals surface area contributed by atoms with Crippen molar-refractivity contribution in [2.45, 2.75) is 58.9 Å². The molecule has 1 aliphatic carbocycles. The van der Waals surface area contributed by atoms with Gasteiger partial charge in [0.15, 0.2) is 0 Å². The van der Waals surface area contributed by atoms with Gasteiger partial charge in [0.2, 0.25) is 0 Å². The van der Waals surface area contributed by atoms with Crippen molar-refractivity contribution in [2.75, 3.05) is 0 Å². The molecule has 0 radical (unpaired) electrons. The van der Waals surface area contributed by atoms with Gasteiger partial charge >= 0.3 is 0 Å². The third-order valence-corrected chi connectivity index (χ3v) is 3.68. The summed E-state index contributed by atoms with van der Waals surface area (Å²) in [7, 11) is 0. The lowest BCUT2D eigenvalue weighted by molar-refractivity contribution is 0.345. The van der Waals surface area contributed by atoms with E-state index in [0.29, 0.717) is 0 Å². The molecule has 0 aromatic carbocycles. The smallest absolute Gasteiger partial charge is 0.0335 e. The largest absolute Gasteiger partial charge is 0.346 e. The first-order valence-electron chi connectivity index (χ1n) is 5.85. The molecule has 0 saturated heterocycles. The standard InChI is InChI=1S/C13H21N/c1-10-9-11(2)14(12(10)3)13-7-5-4-6-8-13/h9,13H,4-8H2,1-3H3. The van der Waals surface area contributed by atoms with Crippen LogP contribution < -0.4 is 0 Å². The molecule has 1 saturated carbocycles. The summed E-state index contributed by atoms with van der Waals surface area (Å²) >= 11 is 0. The average molecular weight is 191 g/mol. The highest BCUT2D eigenvalue weighted by Crippen LogP contribution is 2.31. The molecule has 14 heavy (non-hydrogen) atoms. The van der Waals surface area contributed by atoms with Gasteiger partial charge < -0.3 is 4.57 Å². The van der Waals surface area contributed by atoms with E-state index in [2.05, 4.69) is 31.4 Å². The molecule has 0 amide bonds. The van der Waals surface area contributed by atoms with Crippen LogP contribution in [0.3, 0.4) is 0 Å². The molecule has 1 aliphatic rings. The molecule has 0 aliphatic heterocycles. The van der Waals surface area contributed by atoms with Crippen LogP contribution in [0.25, 0.3) is 0 Å². The van der Waals surface area contributed by atoms with Gasteiger partial charge in [0, 0.05) is 17.4 Å². The van der Waals surface area contributed by atoms with Crippen molar-refractivity contribution in [1.29, 1.82) is 0 Å². The van der Waals surface area contributed by atoms with Crippen molar-refractivity contribution < 1.29 is 0 Å². The van der Waals surface area contributed by atoms with Gasteiger partial charge in [-0.05, 0) is 45.2 Å². The molecule has 1 nitrogen and oxygen atoms in total. The first-order valence-corrected chi connectivity index (χ1v) is 5.85. The fraction of sp³-hybridized carbons (Fsp3) is 0.692. The van der Waals surface area contributed by atoms with E-state index >= 15 is 0 Å². The third-order valence-electron chi connectivity index (χ3n) is 3.68. The quantitative estimate of drug-likeness (QED) is 0.634. The topological polar surface area (TPSA) is 4.93 Å². The molecule has 0 atom stereocenters. The van der Waals surface area contributed by atoms with Crippen LogP contribution in [0.15, 0.2) is 6.07 Å². The van der Waals surface area contributed by atoms with E-state index in [1.165, 1.54) is 49.1 Å². The van der Waals surface area contributed by atoms with Crippen LogP contribution in [0.1, 0.15) is 55.1 Å². The Labute approximate surface area is 87.1 Å². The summed E-state index contributed by atoms with van der Waals surface area (Å²) in [5.74, 6) is 0. The van der Waals surface area contributed by atoms with Crippen LogP contribution >= 0.6 is 0 Å². The maximum absolute atomic E-state index is 2.56. The molecular weight excluding hydrogens is 170 g/mol. The maximum Gasteiger partial charge on any atom is 0.0335 e. The van der Waals surface area contributed by atoms with Crippen molar-refractivity contribution in [3.63, 3.8) is 0 Å². The molecule has 1 fully saturated rings. The van der Waals surface area contributed by atoms with E-state index in [1.807, 2.05) is 0 Å². The molecule has 0 unspecified atom stereocenters. The Bertz CT molecular complexity index is 316. The minimum Gasteiger partial charge on any atom is -0.346 e. The van der Waals surface area contributed by atoms with Crippen molar-refractivity contribution in [3.8, 4) is 0 Å². The summed E-state index contributed by atoms with van der Waals surface area (Å²) < 4.78 is 2.56. The van der Waals surface area contributed by atoms with Crippen molar-refractivity contribution in [3.05, 3.63) is 23.0 Å². The number of hydrogen-bond acceptors (Lipinski definition) is 0. The first kappa shape index (κ1) is 9.82. The number of aromatic nitrogens is 1. The second-order valence-electron chi connectivity index (χ2n) is 4.72. The lowest BCUT2D eigenvalue weighted by Crippen LogP contribution is -2.15. The van der Waals surface area contributed by atoms with Crippen molar-refractivity contribution in [2.24, 2.45) is 0 Å². The van der Waals surface area contributed by atoms with Gasteiger partial charge in [-0.1, -0.05) is 19.3 Å². The monoisotopic (exact) mass is 191 g/mol. The second-order valence-corrected chi connectivity index (χ2v) is 4.72. The van der Waals surface area contributed by atoms with Crippen LogP contribution in [0.4, 0.5) is 0 Å². The number of aryl methyl sites for hydroxylation is 2. The molecule has 1 aromatic heterocycles. The Morgan fingerprint density at radius 2 is 1.71 bits per heavy atom. The SMILES string of the molecule is Cc1cc(C)n(C2CCCCC2)c1C. The molecule has 78 valence electrons. The normalized spacial score (nSPS) is 18.8. The molecule has 0 bridgehead atoms. The summed E-state index contributed by atoms with van der Waals surface area (Å²) in [6, 6.07) is 3.11. The zero-order valence-corrected chi connectivity index (χ0v) is 9.64. The van der Waals surface area contributed by atoms with Crippen LogP contribution in [-0.2, 0) is 0 Å². The predicted molar refractivity (Wildman–Crippen MR) is 60.8 cm³/mol. The average Bonchev–Trinajstić information content (AvgIpc) is 2.43. The highest BCUT2D eigenvalue weighted by molar-refractivity contribution is 5.25. The summed E-state index contributed by atoms with van der Waals surface area (Å²) in [6.07, 6.45) is 7.04. The lowest BCUT2D eigenvalue weighted by atomic mass is 9.95. The van der Waals surface area contributed by atoms with Gasteiger partial charge in [-0.25, -0.2) is 0 Å². The maximum atomic E-state index is 2.56. The number of hydrogen-bond donors (Lipinski definition) is 0. The molecule has 1 aromatic rings. The molecule has 0 spiro atoms. The van der Waals surface area contributed by atoms with Gasteiger partial charge in [0.25, 0.3) is 0 Å². The molecular formula is C13H21N. The van der Waals surface area contributed by atoms with Crippen molar-refractivity contribution >= 4 is 0 Å². The predicted octanol–water partition coefficient (Wildman–Crippen LogP) is 3.92. The molecule has 0 N–H and O–H groups in total. The minimum atomic E-state index is 0.789. The van der Waals surface area contributed by atoms with Crippen LogP contribution in [0, 0.1) is 20.8 Å². The first-order chi connectivity index (χ1) is 6.70. The fourth-order valence-corrected chi connectivity index (χ4v) is 2.84. The van der Waals surface area contributed by atoms with Gasteiger partial charge in [-0.15, -0.1) is 0 Å². The molecule has 2 rings (SSSR count). The van der Waals surface area contributed by atoms with E-state index in [9.17, 15) is 0 Å². The zero-order chi connectivity index (χ0) is 10.1. The molecule has 1 heterocycles. The van der Waals surface area contributed by atoms with Crippen LogP contribution in [-0.4, -0.2) is 4.57 Å². The number of nitrogens with zero attached hydrogens (tertiary/aromatic N) is 1. The summed E-state index contributed by atoms with van der Waals surface area (Å²) in [4.78, 5) is 0. The van der Waals surface area contributed by atoms with Crippen LogP contribution in [0.5, 0.6) is 0 Å². The lowest BCUT2D eigenvalue weighted by Gasteiger charge is -2.26. The Kier molecular flexibility index (Phi) is 2.66. The van der Waals surface area contributed by atoms with Gasteiger partial charge in [0.05, 0.1) is 0 Å². The van der Waals surface area contributed by atoms with Crippen LogP contribution in [0.2, 0.25) is 0 Å². The minimum absolute atomic E-state index is 0.789. The Balaban J connectivity index is 2.29. The van der Waals surface area contributed by atoms with Crippen molar-refractivity contribution in [1.82, 2.24) is 4.57 Å². The van der Waals surface area contributed by atoms with E-state index in [-0.39, 0.29) is 0 Å². The van der Waals surface area contributed by atoms with E-state index in [0.717, 1.165) is 6.04 Å². The van der Waals surface area contributed by atoms with Gasteiger partial charge in [-0.3, -0.25) is 0 Å². The van der Waals surface area contributed by atoms with E-state index < -0.39 is 0 Å².